The summed E-state index contributed by atoms with van der Waals surface area (Å²) in [5.74, 6) is 0.187. The van der Waals surface area contributed by atoms with Gasteiger partial charge in [0, 0.05) is 18.5 Å². The molecule has 0 saturated heterocycles. The highest BCUT2D eigenvalue weighted by Gasteiger charge is 2.31. The molecule has 0 spiro atoms. The Bertz CT molecular complexity index is 899. The van der Waals surface area contributed by atoms with Crippen molar-refractivity contribution in [1.29, 1.82) is 0 Å². The highest BCUT2D eigenvalue weighted by atomic mass is 19.1. The van der Waals surface area contributed by atoms with Crippen molar-refractivity contribution in [2.45, 2.75) is 84.3 Å². The minimum Gasteiger partial charge on any atom is -0.486 e. The third-order valence-electron chi connectivity index (χ3n) is 4.88. The molecule has 1 amide bonds. The van der Waals surface area contributed by atoms with E-state index in [0.29, 0.717) is 36.3 Å². The van der Waals surface area contributed by atoms with Crippen LogP contribution >= 0.6 is 0 Å². The normalized spacial score (nSPS) is 20.5. The van der Waals surface area contributed by atoms with Crippen molar-refractivity contribution in [1.82, 2.24) is 4.90 Å². The van der Waals surface area contributed by atoms with Crippen molar-refractivity contribution < 1.29 is 32.9 Å². The number of halogens is 1. The van der Waals surface area contributed by atoms with Gasteiger partial charge in [-0.2, -0.15) is 0 Å². The van der Waals surface area contributed by atoms with Crippen LogP contribution in [0.2, 0.25) is 0 Å². The average Bonchev–Trinajstić information content (AvgIpc) is 3.07. The summed E-state index contributed by atoms with van der Waals surface area (Å²) in [7, 11) is 0. The number of ether oxygens (including phenoxy) is 4. The van der Waals surface area contributed by atoms with E-state index in [1.54, 1.807) is 64.7 Å². The summed E-state index contributed by atoms with van der Waals surface area (Å²) >= 11 is 0. The number of amides is 1. The van der Waals surface area contributed by atoms with E-state index in [2.05, 4.69) is 0 Å². The fraction of sp³-hybridized carbons (Fsp3) is 0.583. The van der Waals surface area contributed by atoms with Crippen molar-refractivity contribution in [2.24, 2.45) is 0 Å². The third-order valence-corrected chi connectivity index (χ3v) is 4.88. The van der Waals surface area contributed by atoms with Gasteiger partial charge in [0.2, 0.25) is 0 Å². The van der Waals surface area contributed by atoms with Crippen LogP contribution in [-0.2, 0) is 27.2 Å². The predicted octanol–water partition coefficient (Wildman–Crippen LogP) is 5.15. The quantitative estimate of drug-likeness (QED) is 0.470. The molecule has 8 heteroatoms. The van der Waals surface area contributed by atoms with Crippen LogP contribution in [-0.4, -0.2) is 47.1 Å². The fourth-order valence-electron chi connectivity index (χ4n) is 3.57. The molecule has 0 aromatic heterocycles. The number of carbonyl (C=O) groups excluding carboxylic acids is 2. The van der Waals surface area contributed by atoms with Crippen LogP contribution in [0.3, 0.4) is 0 Å². The molecule has 7 nitrogen and oxygen atoms in total. The van der Waals surface area contributed by atoms with E-state index in [-0.39, 0.29) is 18.5 Å². The molecule has 0 fully saturated rings. The second kappa shape index (κ2) is 9.00. The number of rotatable bonds is 3. The lowest BCUT2D eigenvalue weighted by molar-refractivity contribution is -0.0207. The van der Waals surface area contributed by atoms with E-state index in [9.17, 15) is 14.0 Å². The maximum Gasteiger partial charge on any atom is 0.509 e. The summed E-state index contributed by atoms with van der Waals surface area (Å²) in [6.07, 6.45) is 2.35. The van der Waals surface area contributed by atoms with Crippen LogP contribution in [0.4, 0.5) is 14.0 Å². The van der Waals surface area contributed by atoms with E-state index in [1.807, 2.05) is 0 Å². The number of fused-ring (bicyclic) bond motifs is 1. The number of benzene rings is 1. The Morgan fingerprint density at radius 1 is 0.969 bits per heavy atom. The van der Waals surface area contributed by atoms with Crippen LogP contribution in [0.1, 0.15) is 59.1 Å². The summed E-state index contributed by atoms with van der Waals surface area (Å²) in [5.41, 5.74) is -0.0725. The SMILES string of the molecule is CC(C)(C)OC(=O)O[C@H]1C=C[C@@H](Oc2ccc(F)c3c2CN(C(=O)OC(C)(C)C)CC3)C1. The van der Waals surface area contributed by atoms with Gasteiger partial charge in [0.05, 0.1) is 6.54 Å². The predicted molar refractivity (Wildman–Crippen MR) is 116 cm³/mol. The molecule has 1 aromatic rings. The summed E-state index contributed by atoms with van der Waals surface area (Å²) in [6, 6.07) is 2.95. The summed E-state index contributed by atoms with van der Waals surface area (Å²) < 4.78 is 36.5. The van der Waals surface area contributed by atoms with Gasteiger partial charge in [-0.3, -0.25) is 0 Å². The van der Waals surface area contributed by atoms with Gasteiger partial charge in [0.1, 0.15) is 35.0 Å². The molecular formula is C24H32FNO6. The van der Waals surface area contributed by atoms with Gasteiger partial charge in [-0.05, 0) is 77.8 Å². The highest BCUT2D eigenvalue weighted by molar-refractivity contribution is 5.69. The Kier molecular flexibility index (Phi) is 6.72. The van der Waals surface area contributed by atoms with E-state index in [0.717, 1.165) is 0 Å². The first-order valence-corrected chi connectivity index (χ1v) is 10.8. The summed E-state index contributed by atoms with van der Waals surface area (Å²) in [5, 5.41) is 0. The van der Waals surface area contributed by atoms with Crippen molar-refractivity contribution in [2.75, 3.05) is 6.54 Å². The molecule has 3 rings (SSSR count). The van der Waals surface area contributed by atoms with Crippen LogP contribution in [0.25, 0.3) is 0 Å². The van der Waals surface area contributed by atoms with Crippen molar-refractivity contribution in [3.05, 3.63) is 41.2 Å². The van der Waals surface area contributed by atoms with Crippen molar-refractivity contribution in [3.63, 3.8) is 0 Å². The first-order chi connectivity index (χ1) is 14.8. The van der Waals surface area contributed by atoms with Crippen molar-refractivity contribution in [3.8, 4) is 5.75 Å². The zero-order chi connectivity index (χ0) is 23.7. The lowest BCUT2D eigenvalue weighted by atomic mass is 9.98. The lowest BCUT2D eigenvalue weighted by Crippen LogP contribution is -2.40. The molecule has 0 N–H and O–H groups in total. The molecule has 0 unspecified atom stereocenters. The number of hydrogen-bond donors (Lipinski definition) is 0. The highest BCUT2D eigenvalue weighted by Crippen LogP contribution is 2.33. The Morgan fingerprint density at radius 3 is 2.28 bits per heavy atom. The summed E-state index contributed by atoms with van der Waals surface area (Å²) in [4.78, 5) is 26.0. The van der Waals surface area contributed by atoms with Gasteiger partial charge in [-0.15, -0.1) is 0 Å². The van der Waals surface area contributed by atoms with Gasteiger partial charge in [-0.1, -0.05) is 0 Å². The number of hydrogen-bond acceptors (Lipinski definition) is 6. The van der Waals surface area contributed by atoms with Crippen LogP contribution in [0.15, 0.2) is 24.3 Å². The molecule has 0 saturated carbocycles. The van der Waals surface area contributed by atoms with Crippen LogP contribution < -0.4 is 4.74 Å². The molecule has 176 valence electrons. The maximum absolute atomic E-state index is 14.4. The van der Waals surface area contributed by atoms with Gasteiger partial charge >= 0.3 is 12.2 Å². The zero-order valence-electron chi connectivity index (χ0n) is 19.6. The molecule has 2 aliphatic rings. The molecule has 1 heterocycles. The Labute approximate surface area is 188 Å². The van der Waals surface area contributed by atoms with Gasteiger partial charge in [0.25, 0.3) is 0 Å². The number of nitrogens with zero attached hydrogens (tertiary/aromatic N) is 1. The smallest absolute Gasteiger partial charge is 0.486 e. The minimum atomic E-state index is -0.736. The first-order valence-electron chi connectivity index (χ1n) is 10.8. The van der Waals surface area contributed by atoms with E-state index in [4.69, 9.17) is 18.9 Å². The van der Waals surface area contributed by atoms with Crippen LogP contribution in [0, 0.1) is 5.82 Å². The largest absolute Gasteiger partial charge is 0.509 e. The molecular weight excluding hydrogens is 417 g/mol. The second-order valence-corrected chi connectivity index (χ2v) is 10.1. The minimum absolute atomic E-state index is 0.200. The standard InChI is InChI=1S/C24H32FNO6/c1-23(2,3)31-21(27)26-12-11-17-18(14-26)20(10-9-19(17)25)29-15-7-8-16(13-15)30-22(28)32-24(4,5)6/h7-10,15-16H,11-14H2,1-6H3/t15-,16+/m1/s1. The zero-order valence-corrected chi connectivity index (χ0v) is 19.6. The number of carbonyl (C=O) groups is 2. The van der Waals surface area contributed by atoms with E-state index >= 15 is 0 Å². The molecule has 1 aliphatic carbocycles. The van der Waals surface area contributed by atoms with Gasteiger partial charge in [-0.25, -0.2) is 14.0 Å². The molecule has 0 radical (unpaired) electrons. The Balaban J connectivity index is 1.66. The van der Waals surface area contributed by atoms with Gasteiger partial charge in [0.15, 0.2) is 0 Å². The van der Waals surface area contributed by atoms with Gasteiger partial charge < -0.3 is 23.8 Å². The fourth-order valence-corrected chi connectivity index (χ4v) is 3.57. The average molecular weight is 450 g/mol. The maximum atomic E-state index is 14.4. The molecule has 2 atom stereocenters. The van der Waals surface area contributed by atoms with E-state index in [1.165, 1.54) is 6.07 Å². The topological polar surface area (TPSA) is 74.3 Å². The monoisotopic (exact) mass is 449 g/mol. The van der Waals surface area contributed by atoms with Crippen molar-refractivity contribution >= 4 is 12.2 Å². The van der Waals surface area contributed by atoms with Crippen LogP contribution in [0.5, 0.6) is 5.75 Å². The lowest BCUT2D eigenvalue weighted by Gasteiger charge is -2.32. The molecule has 1 aromatic carbocycles. The Hall–Kier alpha value is -2.77. The molecule has 0 bridgehead atoms. The first kappa shape index (κ1) is 23.9. The molecule has 32 heavy (non-hydrogen) atoms. The summed E-state index contributed by atoms with van der Waals surface area (Å²) in [6.45, 7) is 11.3. The second-order valence-electron chi connectivity index (χ2n) is 10.1. The van der Waals surface area contributed by atoms with E-state index < -0.39 is 29.6 Å². The third kappa shape index (κ3) is 6.37. The Morgan fingerprint density at radius 2 is 1.62 bits per heavy atom. The molecule has 1 aliphatic heterocycles.